The Morgan fingerprint density at radius 3 is 2.59 bits per heavy atom. The topological polar surface area (TPSA) is 78.2 Å². The summed E-state index contributed by atoms with van der Waals surface area (Å²) in [6, 6.07) is 7.34. The van der Waals surface area contributed by atoms with Gasteiger partial charge in [0.05, 0.1) is 18.8 Å². The first-order valence-corrected chi connectivity index (χ1v) is 9.18. The third kappa shape index (κ3) is 4.48. The number of ether oxygens (including phenoxy) is 3. The Morgan fingerprint density at radius 2 is 1.89 bits per heavy atom. The van der Waals surface area contributed by atoms with Gasteiger partial charge in [-0.25, -0.2) is 4.79 Å². The van der Waals surface area contributed by atoms with Crippen molar-refractivity contribution in [1.29, 1.82) is 0 Å². The summed E-state index contributed by atoms with van der Waals surface area (Å²) in [6.07, 6.45) is -0.0804. The van der Waals surface area contributed by atoms with E-state index in [0.29, 0.717) is 30.8 Å². The van der Waals surface area contributed by atoms with Crippen molar-refractivity contribution in [3.63, 3.8) is 0 Å². The summed E-state index contributed by atoms with van der Waals surface area (Å²) in [5.74, 6) is -0.822. The average molecular weight is 375 g/mol. The molecule has 1 aromatic heterocycles. The first-order valence-electron chi connectivity index (χ1n) is 9.18. The molecular weight excluding hydrogens is 350 g/mol. The van der Waals surface area contributed by atoms with Crippen LogP contribution in [0.1, 0.15) is 36.9 Å². The number of morpholine rings is 1. The molecule has 146 valence electrons. The zero-order chi connectivity index (χ0) is 19.4. The third-order valence-electron chi connectivity index (χ3n) is 4.43. The van der Waals surface area contributed by atoms with Crippen LogP contribution in [0.4, 0.5) is 0 Å². The largest absolute Gasteiger partial charge is 0.450 e. The van der Waals surface area contributed by atoms with Crippen LogP contribution >= 0.6 is 0 Å². The Labute approximate surface area is 158 Å². The Balaban J connectivity index is 1.69. The van der Waals surface area contributed by atoms with E-state index in [-0.39, 0.29) is 37.1 Å². The van der Waals surface area contributed by atoms with Crippen LogP contribution in [0.3, 0.4) is 0 Å². The lowest BCUT2D eigenvalue weighted by atomic mass is 10.1. The van der Waals surface area contributed by atoms with E-state index < -0.39 is 5.97 Å². The lowest BCUT2D eigenvalue weighted by Crippen LogP contribution is -2.49. The van der Waals surface area contributed by atoms with Crippen LogP contribution in [-0.4, -0.2) is 55.3 Å². The molecular formula is C20H25NO6. The lowest BCUT2D eigenvalue weighted by molar-refractivity contribution is -0.146. The molecule has 1 aromatic carbocycles. The van der Waals surface area contributed by atoms with E-state index in [4.69, 9.17) is 18.6 Å². The molecule has 7 heteroatoms. The maximum atomic E-state index is 12.5. The molecule has 2 heterocycles. The number of benzene rings is 1. The molecule has 1 amide bonds. The molecule has 2 unspecified atom stereocenters. The van der Waals surface area contributed by atoms with Gasteiger partial charge in [-0.05, 0) is 26.8 Å². The fourth-order valence-electron chi connectivity index (χ4n) is 3.28. The standard InChI is InChI=1S/C20H25NO6/c1-4-24-11-16-15-7-5-6-8-17(15)27-19(16)20(23)25-12-18(22)21-9-13(2)26-14(3)10-21/h5-8,13-14H,4,9-12H2,1-3H3. The van der Waals surface area contributed by atoms with Crippen molar-refractivity contribution in [1.82, 2.24) is 4.90 Å². The highest BCUT2D eigenvalue weighted by molar-refractivity contribution is 5.96. The second-order valence-electron chi connectivity index (χ2n) is 6.68. The van der Waals surface area contributed by atoms with Crippen LogP contribution in [0, 0.1) is 0 Å². The first-order chi connectivity index (χ1) is 13.0. The molecule has 2 atom stereocenters. The molecule has 0 radical (unpaired) electrons. The molecule has 1 aliphatic rings. The van der Waals surface area contributed by atoms with E-state index in [1.807, 2.05) is 39.0 Å². The number of hydrogen-bond donors (Lipinski definition) is 0. The first kappa shape index (κ1) is 19.4. The summed E-state index contributed by atoms with van der Waals surface area (Å²) >= 11 is 0. The highest BCUT2D eigenvalue weighted by atomic mass is 16.5. The van der Waals surface area contributed by atoms with Crippen LogP contribution in [0.2, 0.25) is 0 Å². The molecule has 2 aromatic rings. The van der Waals surface area contributed by atoms with Crippen LogP contribution in [0.15, 0.2) is 28.7 Å². The molecule has 1 saturated heterocycles. The molecule has 1 aliphatic heterocycles. The van der Waals surface area contributed by atoms with Gasteiger partial charge < -0.3 is 23.5 Å². The molecule has 0 spiro atoms. The summed E-state index contributed by atoms with van der Waals surface area (Å²) in [4.78, 5) is 26.6. The molecule has 7 nitrogen and oxygen atoms in total. The van der Waals surface area contributed by atoms with Gasteiger partial charge in [0.25, 0.3) is 5.91 Å². The van der Waals surface area contributed by atoms with E-state index in [0.717, 1.165) is 5.39 Å². The molecule has 0 bridgehead atoms. The summed E-state index contributed by atoms with van der Waals surface area (Å²) in [5, 5.41) is 0.806. The fourth-order valence-corrected chi connectivity index (χ4v) is 3.28. The van der Waals surface area contributed by atoms with Crippen molar-refractivity contribution >= 4 is 22.8 Å². The van der Waals surface area contributed by atoms with E-state index >= 15 is 0 Å². The predicted molar refractivity (Wildman–Crippen MR) is 98.4 cm³/mol. The minimum Gasteiger partial charge on any atom is -0.450 e. The van der Waals surface area contributed by atoms with Gasteiger partial charge in [0.15, 0.2) is 6.61 Å². The van der Waals surface area contributed by atoms with E-state index in [1.165, 1.54) is 0 Å². The summed E-state index contributed by atoms with van der Waals surface area (Å²) in [5.41, 5.74) is 1.22. The lowest BCUT2D eigenvalue weighted by Gasteiger charge is -2.35. The number of furan rings is 1. The van der Waals surface area contributed by atoms with Crippen LogP contribution < -0.4 is 0 Å². The molecule has 27 heavy (non-hydrogen) atoms. The molecule has 1 fully saturated rings. The van der Waals surface area contributed by atoms with Gasteiger partial charge in [-0.1, -0.05) is 18.2 Å². The predicted octanol–water partition coefficient (Wildman–Crippen LogP) is 2.76. The van der Waals surface area contributed by atoms with Gasteiger partial charge in [0.1, 0.15) is 5.58 Å². The number of nitrogens with zero attached hydrogens (tertiary/aromatic N) is 1. The van der Waals surface area contributed by atoms with Crippen molar-refractivity contribution in [2.45, 2.75) is 39.6 Å². The number of fused-ring (bicyclic) bond motifs is 1. The molecule has 0 aliphatic carbocycles. The highest BCUT2D eigenvalue weighted by Gasteiger charge is 2.28. The third-order valence-corrected chi connectivity index (χ3v) is 4.43. The Morgan fingerprint density at radius 1 is 1.19 bits per heavy atom. The van der Waals surface area contributed by atoms with Crippen molar-refractivity contribution in [2.24, 2.45) is 0 Å². The van der Waals surface area contributed by atoms with Crippen LogP contribution in [0.5, 0.6) is 0 Å². The highest BCUT2D eigenvalue weighted by Crippen LogP contribution is 2.27. The normalized spacial score (nSPS) is 20.0. The zero-order valence-electron chi connectivity index (χ0n) is 15.9. The van der Waals surface area contributed by atoms with Crippen molar-refractivity contribution in [3.05, 3.63) is 35.6 Å². The quantitative estimate of drug-likeness (QED) is 0.723. The van der Waals surface area contributed by atoms with Crippen molar-refractivity contribution < 1.29 is 28.2 Å². The SMILES string of the molecule is CCOCc1c(C(=O)OCC(=O)N2CC(C)OC(C)C2)oc2ccccc12. The van der Waals surface area contributed by atoms with Gasteiger partial charge in [-0.15, -0.1) is 0 Å². The molecule has 0 saturated carbocycles. The van der Waals surface area contributed by atoms with Gasteiger partial charge >= 0.3 is 5.97 Å². The minimum atomic E-state index is -0.663. The monoisotopic (exact) mass is 375 g/mol. The Bertz CT molecular complexity index is 804. The van der Waals surface area contributed by atoms with Crippen molar-refractivity contribution in [2.75, 3.05) is 26.3 Å². The van der Waals surface area contributed by atoms with Gasteiger partial charge in [-0.2, -0.15) is 0 Å². The number of rotatable bonds is 6. The smallest absolute Gasteiger partial charge is 0.375 e. The number of carbonyl (C=O) groups excluding carboxylic acids is 2. The number of carbonyl (C=O) groups is 2. The van der Waals surface area contributed by atoms with E-state index in [9.17, 15) is 9.59 Å². The molecule has 0 N–H and O–H groups in total. The fraction of sp³-hybridized carbons (Fsp3) is 0.500. The second kappa shape index (κ2) is 8.54. The maximum Gasteiger partial charge on any atom is 0.375 e. The number of para-hydroxylation sites is 1. The van der Waals surface area contributed by atoms with Crippen LogP contribution in [0.25, 0.3) is 11.0 Å². The van der Waals surface area contributed by atoms with Gasteiger partial charge in [0, 0.05) is 30.6 Å². The van der Waals surface area contributed by atoms with Gasteiger partial charge in [0.2, 0.25) is 5.76 Å². The molecule has 3 rings (SSSR count). The maximum absolute atomic E-state index is 12.5. The number of esters is 1. The van der Waals surface area contributed by atoms with E-state index in [2.05, 4.69) is 0 Å². The minimum absolute atomic E-state index is 0.0402. The van der Waals surface area contributed by atoms with E-state index in [1.54, 1.807) is 11.0 Å². The Hall–Kier alpha value is -2.38. The van der Waals surface area contributed by atoms with Crippen molar-refractivity contribution in [3.8, 4) is 0 Å². The van der Waals surface area contributed by atoms with Crippen LogP contribution in [-0.2, 0) is 25.6 Å². The summed E-state index contributed by atoms with van der Waals surface area (Å²) < 4.78 is 22.0. The number of amides is 1. The Kier molecular flexibility index (Phi) is 6.13. The summed E-state index contributed by atoms with van der Waals surface area (Å²) in [6.45, 7) is 7.10. The average Bonchev–Trinajstić information content (AvgIpc) is 3.02. The summed E-state index contributed by atoms with van der Waals surface area (Å²) in [7, 11) is 0. The second-order valence-corrected chi connectivity index (χ2v) is 6.68. The zero-order valence-corrected chi connectivity index (χ0v) is 15.9. The number of hydrogen-bond acceptors (Lipinski definition) is 6. The van der Waals surface area contributed by atoms with Gasteiger partial charge in [-0.3, -0.25) is 4.79 Å².